The quantitative estimate of drug-likeness (QED) is 0.352. The van der Waals surface area contributed by atoms with Gasteiger partial charge < -0.3 is 13.4 Å². The lowest BCUT2D eigenvalue weighted by Crippen LogP contribution is -2.53. The Morgan fingerprint density at radius 3 is 1.88 bits per heavy atom. The average Bonchev–Trinajstić information content (AvgIpc) is 2.65. The van der Waals surface area contributed by atoms with Gasteiger partial charge in [0.15, 0.2) is 8.24 Å². The molecule has 5 heteroatoms. The second-order valence-corrected chi connectivity index (χ2v) is 15.5. The molecular formula is C19H37NO2Si2. The van der Waals surface area contributed by atoms with Gasteiger partial charge in [-0.05, 0) is 55.7 Å². The van der Waals surface area contributed by atoms with Gasteiger partial charge in [-0.15, -0.1) is 0 Å². The van der Waals surface area contributed by atoms with Gasteiger partial charge in [0.25, 0.3) is 0 Å². The normalized spacial score (nSPS) is 12.4. The van der Waals surface area contributed by atoms with Crippen molar-refractivity contribution in [1.82, 2.24) is 0 Å². The van der Waals surface area contributed by atoms with Crippen LogP contribution >= 0.6 is 0 Å². The zero-order valence-corrected chi connectivity index (χ0v) is 18.6. The minimum absolute atomic E-state index is 1.07. The molecule has 0 unspecified atom stereocenters. The molecule has 0 fully saturated rings. The highest BCUT2D eigenvalue weighted by atomic mass is 28.4. The molecule has 0 saturated carbocycles. The standard InChI is InChI=1S/C19H37NO2Si2/c1-7-24(8-2,9-3)20(19-15-11-10-12-16-19)17-13-14-18-23(6,21-4)22-5/h10-12,15-16H,7-9,13-14,17-18H2,1-6H3. The van der Waals surface area contributed by atoms with E-state index in [1.807, 2.05) is 0 Å². The lowest BCUT2D eigenvalue weighted by molar-refractivity contribution is 0.248. The number of benzene rings is 1. The first kappa shape index (κ1) is 21.4. The summed E-state index contributed by atoms with van der Waals surface area (Å²) in [6.45, 7) is 10.5. The Balaban J connectivity index is 2.81. The third-order valence-corrected chi connectivity index (χ3v) is 14.3. The molecule has 24 heavy (non-hydrogen) atoms. The third kappa shape index (κ3) is 5.44. The molecule has 3 nitrogen and oxygen atoms in total. The summed E-state index contributed by atoms with van der Waals surface area (Å²) >= 11 is 0. The Bertz CT molecular complexity index is 440. The lowest BCUT2D eigenvalue weighted by atomic mass is 10.3. The molecule has 0 saturated heterocycles. The van der Waals surface area contributed by atoms with E-state index >= 15 is 0 Å². The summed E-state index contributed by atoms with van der Waals surface area (Å²) < 4.78 is 14.0. The zero-order chi connectivity index (χ0) is 18.1. The molecule has 0 N–H and O–H groups in total. The number of rotatable bonds is 12. The fourth-order valence-electron chi connectivity index (χ4n) is 3.57. The predicted octanol–water partition coefficient (Wildman–Crippen LogP) is 5.64. The van der Waals surface area contributed by atoms with E-state index in [4.69, 9.17) is 8.85 Å². The lowest BCUT2D eigenvalue weighted by Gasteiger charge is -2.43. The maximum absolute atomic E-state index is 5.62. The Morgan fingerprint density at radius 1 is 0.875 bits per heavy atom. The van der Waals surface area contributed by atoms with Crippen LogP contribution in [0.2, 0.25) is 30.7 Å². The minimum atomic E-state index is -1.93. The van der Waals surface area contributed by atoms with Gasteiger partial charge in [0, 0.05) is 26.5 Å². The van der Waals surface area contributed by atoms with Crippen molar-refractivity contribution < 1.29 is 8.85 Å². The van der Waals surface area contributed by atoms with Crippen LogP contribution in [0.15, 0.2) is 30.3 Å². The van der Waals surface area contributed by atoms with E-state index in [0.29, 0.717) is 0 Å². The van der Waals surface area contributed by atoms with Crippen LogP contribution in [0, 0.1) is 0 Å². The van der Waals surface area contributed by atoms with E-state index in [1.165, 1.54) is 36.7 Å². The van der Waals surface area contributed by atoms with E-state index in [0.717, 1.165) is 12.6 Å². The van der Waals surface area contributed by atoms with Crippen LogP contribution in [0.5, 0.6) is 0 Å². The topological polar surface area (TPSA) is 21.7 Å². The molecule has 1 aromatic rings. The smallest absolute Gasteiger partial charge is 0.334 e. The molecule has 1 rings (SSSR count). The van der Waals surface area contributed by atoms with Crippen LogP contribution in [-0.4, -0.2) is 37.6 Å². The maximum Gasteiger partial charge on any atom is 0.334 e. The van der Waals surface area contributed by atoms with Crippen molar-refractivity contribution in [2.75, 3.05) is 25.3 Å². The van der Waals surface area contributed by atoms with Gasteiger partial charge in [0.2, 0.25) is 0 Å². The molecular weight excluding hydrogens is 330 g/mol. The van der Waals surface area contributed by atoms with E-state index in [-0.39, 0.29) is 0 Å². The highest BCUT2D eigenvalue weighted by molar-refractivity contribution is 6.83. The highest BCUT2D eigenvalue weighted by Gasteiger charge is 2.35. The average molecular weight is 368 g/mol. The second-order valence-electron chi connectivity index (χ2n) is 6.77. The maximum atomic E-state index is 5.62. The van der Waals surface area contributed by atoms with E-state index < -0.39 is 16.8 Å². The second kappa shape index (κ2) is 10.4. The van der Waals surface area contributed by atoms with Gasteiger partial charge in [-0.2, -0.15) is 0 Å². The largest absolute Gasteiger partial charge is 0.398 e. The monoisotopic (exact) mass is 367 g/mol. The molecule has 0 aliphatic rings. The summed E-state index contributed by atoms with van der Waals surface area (Å²) in [5.74, 6) is 0. The number of nitrogens with zero attached hydrogens (tertiary/aromatic N) is 1. The van der Waals surface area contributed by atoms with Crippen LogP contribution in [-0.2, 0) is 8.85 Å². The van der Waals surface area contributed by atoms with Gasteiger partial charge in [-0.3, -0.25) is 0 Å². The summed E-state index contributed by atoms with van der Waals surface area (Å²) in [7, 11) is 0.229. The summed E-state index contributed by atoms with van der Waals surface area (Å²) in [6, 6.07) is 16.0. The Kier molecular flexibility index (Phi) is 9.27. The summed E-state index contributed by atoms with van der Waals surface area (Å²) in [5.41, 5.74) is 1.41. The molecule has 0 atom stereocenters. The van der Waals surface area contributed by atoms with Crippen LogP contribution in [0.25, 0.3) is 0 Å². The van der Waals surface area contributed by atoms with Crippen LogP contribution in [0.3, 0.4) is 0 Å². The molecule has 0 heterocycles. The summed E-state index contributed by atoms with van der Waals surface area (Å²) in [4.78, 5) is 0. The molecule has 0 aliphatic carbocycles. The van der Waals surface area contributed by atoms with Crippen LogP contribution in [0.1, 0.15) is 33.6 Å². The number of para-hydroxylation sites is 1. The molecule has 0 bridgehead atoms. The van der Waals surface area contributed by atoms with Gasteiger partial charge in [0.05, 0.1) is 0 Å². The van der Waals surface area contributed by atoms with Crippen LogP contribution in [0.4, 0.5) is 5.69 Å². The van der Waals surface area contributed by atoms with Gasteiger partial charge in [-0.1, -0.05) is 39.0 Å². The van der Waals surface area contributed by atoms with Gasteiger partial charge in [0.1, 0.15) is 0 Å². The minimum Gasteiger partial charge on any atom is -0.398 e. The van der Waals surface area contributed by atoms with Crippen molar-refractivity contribution in [2.45, 2.75) is 64.3 Å². The van der Waals surface area contributed by atoms with E-state index in [2.05, 4.69) is 62.2 Å². The van der Waals surface area contributed by atoms with Crippen LogP contribution < -0.4 is 4.57 Å². The highest BCUT2D eigenvalue weighted by Crippen LogP contribution is 2.31. The van der Waals surface area contributed by atoms with E-state index in [9.17, 15) is 0 Å². The number of hydrogen-bond donors (Lipinski definition) is 0. The van der Waals surface area contributed by atoms with Crippen molar-refractivity contribution in [3.8, 4) is 0 Å². The fourth-order valence-corrected chi connectivity index (χ4v) is 9.02. The van der Waals surface area contributed by atoms with Crippen molar-refractivity contribution in [1.29, 1.82) is 0 Å². The number of hydrogen-bond acceptors (Lipinski definition) is 3. The molecule has 0 spiro atoms. The van der Waals surface area contributed by atoms with Gasteiger partial charge >= 0.3 is 8.56 Å². The fraction of sp³-hybridized carbons (Fsp3) is 0.684. The van der Waals surface area contributed by atoms with Crippen molar-refractivity contribution >= 4 is 22.5 Å². The number of unbranched alkanes of at least 4 members (excludes halogenated alkanes) is 1. The first-order chi connectivity index (χ1) is 11.5. The Morgan fingerprint density at radius 2 is 1.42 bits per heavy atom. The van der Waals surface area contributed by atoms with Crippen molar-refractivity contribution in [2.24, 2.45) is 0 Å². The molecule has 138 valence electrons. The van der Waals surface area contributed by atoms with Crippen molar-refractivity contribution in [3.05, 3.63) is 30.3 Å². The molecule has 0 aromatic heterocycles. The van der Waals surface area contributed by atoms with E-state index in [1.54, 1.807) is 14.2 Å². The molecule has 0 aliphatic heterocycles. The van der Waals surface area contributed by atoms with Gasteiger partial charge in [-0.25, -0.2) is 0 Å². The summed E-state index contributed by atoms with van der Waals surface area (Å²) in [6.07, 6.45) is 2.38. The predicted molar refractivity (Wildman–Crippen MR) is 111 cm³/mol. The molecule has 0 amide bonds. The first-order valence-electron chi connectivity index (χ1n) is 9.43. The van der Waals surface area contributed by atoms with Crippen molar-refractivity contribution in [3.63, 3.8) is 0 Å². The zero-order valence-electron chi connectivity index (χ0n) is 16.6. The SMILES string of the molecule is CC[Si](CC)(CC)N(CCCC[Si](C)(OC)OC)c1ccccc1. The number of anilines is 1. The Hall–Kier alpha value is -0.626. The molecule has 0 radical (unpaired) electrons. The third-order valence-electron chi connectivity index (χ3n) is 5.74. The first-order valence-corrected chi connectivity index (χ1v) is 14.5. The summed E-state index contributed by atoms with van der Waals surface area (Å²) in [5, 5.41) is 0. The molecule has 1 aromatic carbocycles. The Labute approximate surface area is 151 Å².